The highest BCUT2D eigenvalue weighted by Crippen LogP contribution is 2.25. The van der Waals surface area contributed by atoms with Crippen LogP contribution < -0.4 is 10.1 Å². The van der Waals surface area contributed by atoms with Crippen molar-refractivity contribution in [3.05, 3.63) is 62.0 Å². The van der Waals surface area contributed by atoms with E-state index in [2.05, 4.69) is 21.2 Å². The Balaban J connectivity index is 2.23. The van der Waals surface area contributed by atoms with Crippen molar-refractivity contribution < 1.29 is 14.3 Å². The maximum absolute atomic E-state index is 13.2. The Labute approximate surface area is 208 Å². The molecule has 0 spiro atoms. The monoisotopic (exact) mass is 542 g/mol. The first-order chi connectivity index (χ1) is 15.1. The molecule has 0 aliphatic rings. The number of hydrogen-bond acceptors (Lipinski definition) is 3. The van der Waals surface area contributed by atoms with Crippen LogP contribution in [0.4, 0.5) is 0 Å². The number of aryl methyl sites for hydroxylation is 1. The van der Waals surface area contributed by atoms with E-state index < -0.39 is 6.04 Å². The van der Waals surface area contributed by atoms with Crippen molar-refractivity contribution in [2.45, 2.75) is 46.7 Å². The molecular formula is C24H29BrCl2N2O3. The van der Waals surface area contributed by atoms with Gasteiger partial charge in [0.1, 0.15) is 11.8 Å². The van der Waals surface area contributed by atoms with Gasteiger partial charge in [-0.25, -0.2) is 0 Å². The number of nitrogens with zero attached hydrogens (tertiary/aromatic N) is 1. The van der Waals surface area contributed by atoms with Crippen LogP contribution >= 0.6 is 39.1 Å². The van der Waals surface area contributed by atoms with Gasteiger partial charge >= 0.3 is 0 Å². The van der Waals surface area contributed by atoms with Crippen LogP contribution in [-0.2, 0) is 16.1 Å². The molecule has 1 N–H and O–H groups in total. The van der Waals surface area contributed by atoms with Crippen molar-refractivity contribution >= 4 is 50.9 Å². The second-order valence-corrected chi connectivity index (χ2v) is 9.70. The highest BCUT2D eigenvalue weighted by molar-refractivity contribution is 9.10. The first-order valence-corrected chi connectivity index (χ1v) is 12.1. The molecule has 0 saturated carbocycles. The number of benzene rings is 2. The van der Waals surface area contributed by atoms with E-state index in [0.717, 1.165) is 15.6 Å². The zero-order valence-corrected chi connectivity index (χ0v) is 21.9. The Hall–Kier alpha value is -1.76. The summed E-state index contributed by atoms with van der Waals surface area (Å²) in [4.78, 5) is 27.7. The molecule has 0 heterocycles. The quantitative estimate of drug-likeness (QED) is 0.398. The number of amides is 2. The molecule has 0 radical (unpaired) electrons. The lowest BCUT2D eigenvalue weighted by atomic mass is 10.1. The normalized spacial score (nSPS) is 11.9. The average molecular weight is 544 g/mol. The third-order valence-corrected chi connectivity index (χ3v) is 6.53. The Morgan fingerprint density at radius 2 is 1.84 bits per heavy atom. The molecule has 0 fully saturated rings. The number of nitrogens with one attached hydrogen (secondary N) is 1. The summed E-state index contributed by atoms with van der Waals surface area (Å²) < 4.78 is 6.71. The molecule has 0 aromatic heterocycles. The van der Waals surface area contributed by atoms with E-state index >= 15 is 0 Å². The summed E-state index contributed by atoms with van der Waals surface area (Å²) in [5.41, 5.74) is 1.78. The molecule has 0 aliphatic carbocycles. The Morgan fingerprint density at radius 1 is 1.12 bits per heavy atom. The molecule has 2 amide bonds. The minimum Gasteiger partial charge on any atom is -0.484 e. The summed E-state index contributed by atoms with van der Waals surface area (Å²) >= 11 is 15.6. The Bertz CT molecular complexity index is 953. The fourth-order valence-corrected chi connectivity index (χ4v) is 3.68. The summed E-state index contributed by atoms with van der Waals surface area (Å²) in [5.74, 6) is 0.419. The molecular weight excluding hydrogens is 515 g/mol. The van der Waals surface area contributed by atoms with Gasteiger partial charge in [0.25, 0.3) is 5.91 Å². The van der Waals surface area contributed by atoms with Crippen LogP contribution in [0.1, 0.15) is 38.3 Å². The lowest BCUT2D eigenvalue weighted by Gasteiger charge is -2.31. The van der Waals surface area contributed by atoms with Gasteiger partial charge in [-0.15, -0.1) is 0 Å². The van der Waals surface area contributed by atoms with Crippen molar-refractivity contribution in [1.82, 2.24) is 10.2 Å². The summed E-state index contributed by atoms with van der Waals surface area (Å²) in [6.07, 6.45) is 0.467. The highest BCUT2D eigenvalue weighted by atomic mass is 79.9. The standard InChI is InChI=1S/C24H29BrCl2N2O3/c1-5-22(24(31)28-12-15(2)3)29(13-17-6-9-20(26)21(27)11-17)23(30)14-32-18-7-8-19(25)16(4)10-18/h6-11,15,22H,5,12-14H2,1-4H3,(H,28,31). The fourth-order valence-electron chi connectivity index (χ4n) is 3.11. The van der Waals surface area contributed by atoms with E-state index in [1.807, 2.05) is 39.8 Å². The van der Waals surface area contributed by atoms with Crippen molar-refractivity contribution in [1.29, 1.82) is 0 Å². The minimum atomic E-state index is -0.633. The SMILES string of the molecule is CCC(C(=O)NCC(C)C)N(Cc1ccc(Cl)c(Cl)c1)C(=O)COc1ccc(Br)c(C)c1. The Kier molecular flexibility index (Phi) is 10.3. The van der Waals surface area contributed by atoms with Crippen molar-refractivity contribution in [2.75, 3.05) is 13.2 Å². The van der Waals surface area contributed by atoms with E-state index in [1.54, 1.807) is 29.2 Å². The predicted molar refractivity (Wildman–Crippen MR) is 133 cm³/mol. The topological polar surface area (TPSA) is 58.6 Å². The number of rotatable bonds is 10. The predicted octanol–water partition coefficient (Wildman–Crippen LogP) is 6.02. The molecule has 2 aromatic carbocycles. The van der Waals surface area contributed by atoms with Crippen molar-refractivity contribution in [3.8, 4) is 5.75 Å². The van der Waals surface area contributed by atoms with Gasteiger partial charge in [-0.3, -0.25) is 9.59 Å². The first-order valence-electron chi connectivity index (χ1n) is 10.5. The van der Waals surface area contributed by atoms with Crippen LogP contribution in [0.2, 0.25) is 10.0 Å². The molecule has 2 aromatic rings. The summed E-state index contributed by atoms with van der Waals surface area (Å²) in [7, 11) is 0. The van der Waals surface area contributed by atoms with Crippen LogP contribution in [0.3, 0.4) is 0 Å². The number of ether oxygens (including phenoxy) is 1. The Morgan fingerprint density at radius 3 is 2.44 bits per heavy atom. The number of halogens is 3. The summed E-state index contributed by atoms with van der Waals surface area (Å²) in [6, 6.07) is 10.1. The smallest absolute Gasteiger partial charge is 0.261 e. The first kappa shape index (κ1) is 26.5. The zero-order chi connectivity index (χ0) is 23.8. The molecule has 2 rings (SSSR count). The number of carbonyl (C=O) groups is 2. The van der Waals surface area contributed by atoms with Crippen LogP contribution in [0.25, 0.3) is 0 Å². The third kappa shape index (κ3) is 7.68. The summed E-state index contributed by atoms with van der Waals surface area (Å²) in [6.45, 7) is 8.44. The van der Waals surface area contributed by atoms with E-state index in [9.17, 15) is 9.59 Å². The molecule has 0 aliphatic heterocycles. The van der Waals surface area contributed by atoms with Gasteiger partial charge in [0.15, 0.2) is 6.61 Å². The number of hydrogen-bond donors (Lipinski definition) is 1. The minimum absolute atomic E-state index is 0.184. The van der Waals surface area contributed by atoms with Gasteiger partial charge < -0.3 is 15.0 Å². The zero-order valence-electron chi connectivity index (χ0n) is 18.8. The van der Waals surface area contributed by atoms with Crippen LogP contribution in [-0.4, -0.2) is 35.9 Å². The maximum Gasteiger partial charge on any atom is 0.261 e. The molecule has 32 heavy (non-hydrogen) atoms. The molecule has 5 nitrogen and oxygen atoms in total. The fraction of sp³-hybridized carbons (Fsp3) is 0.417. The van der Waals surface area contributed by atoms with Crippen molar-refractivity contribution in [3.63, 3.8) is 0 Å². The van der Waals surface area contributed by atoms with Gasteiger partial charge in [0.05, 0.1) is 10.0 Å². The van der Waals surface area contributed by atoms with Crippen molar-refractivity contribution in [2.24, 2.45) is 5.92 Å². The van der Waals surface area contributed by atoms with Gasteiger partial charge in [0, 0.05) is 17.6 Å². The van der Waals surface area contributed by atoms with Crippen LogP contribution in [0, 0.1) is 12.8 Å². The van der Waals surface area contributed by atoms with Gasteiger partial charge in [0.2, 0.25) is 5.91 Å². The highest BCUT2D eigenvalue weighted by Gasteiger charge is 2.29. The molecule has 0 saturated heterocycles. The largest absolute Gasteiger partial charge is 0.484 e. The second-order valence-electron chi connectivity index (χ2n) is 8.03. The van der Waals surface area contributed by atoms with Crippen LogP contribution in [0.5, 0.6) is 5.75 Å². The number of carbonyl (C=O) groups excluding carboxylic acids is 2. The van der Waals surface area contributed by atoms with Gasteiger partial charge in [-0.05, 0) is 60.7 Å². The lowest BCUT2D eigenvalue weighted by molar-refractivity contribution is -0.143. The van der Waals surface area contributed by atoms with E-state index in [-0.39, 0.29) is 25.0 Å². The average Bonchev–Trinajstić information content (AvgIpc) is 2.75. The second kappa shape index (κ2) is 12.5. The van der Waals surface area contributed by atoms with E-state index in [0.29, 0.717) is 34.7 Å². The molecule has 1 atom stereocenters. The molecule has 0 bridgehead atoms. The molecule has 1 unspecified atom stereocenters. The van der Waals surface area contributed by atoms with Crippen LogP contribution in [0.15, 0.2) is 40.9 Å². The molecule has 8 heteroatoms. The third-order valence-electron chi connectivity index (χ3n) is 4.90. The van der Waals surface area contributed by atoms with Gasteiger partial charge in [-0.2, -0.15) is 0 Å². The summed E-state index contributed by atoms with van der Waals surface area (Å²) in [5, 5.41) is 3.77. The van der Waals surface area contributed by atoms with E-state index in [4.69, 9.17) is 27.9 Å². The lowest BCUT2D eigenvalue weighted by Crippen LogP contribution is -2.50. The molecule has 174 valence electrons. The maximum atomic E-state index is 13.2. The van der Waals surface area contributed by atoms with Gasteiger partial charge in [-0.1, -0.05) is 66.0 Å². The van der Waals surface area contributed by atoms with E-state index in [1.165, 1.54) is 0 Å².